The molecule has 140 valence electrons. The number of benzene rings is 1. The molecule has 0 atom stereocenters. The molecule has 7 heteroatoms. The first-order valence-corrected chi connectivity index (χ1v) is 8.64. The number of rotatable bonds is 3. The van der Waals surface area contributed by atoms with Crippen molar-refractivity contribution in [1.82, 2.24) is 14.5 Å². The van der Waals surface area contributed by atoms with Gasteiger partial charge >= 0.3 is 6.09 Å². The van der Waals surface area contributed by atoms with Gasteiger partial charge in [0.2, 0.25) is 0 Å². The van der Waals surface area contributed by atoms with Crippen molar-refractivity contribution in [3.8, 4) is 11.4 Å². The first-order valence-electron chi connectivity index (χ1n) is 8.64. The molecule has 0 N–H and O–H groups in total. The highest BCUT2D eigenvalue weighted by molar-refractivity contribution is 5.68. The van der Waals surface area contributed by atoms with Crippen LogP contribution in [0.3, 0.4) is 0 Å². The van der Waals surface area contributed by atoms with Gasteiger partial charge in [0.25, 0.3) is 6.43 Å². The Morgan fingerprint density at radius 3 is 2.58 bits per heavy atom. The van der Waals surface area contributed by atoms with Gasteiger partial charge in [0, 0.05) is 24.2 Å². The predicted molar refractivity (Wildman–Crippen MR) is 94.0 cm³/mol. The summed E-state index contributed by atoms with van der Waals surface area (Å²) in [5.41, 5.74) is 1.62. The summed E-state index contributed by atoms with van der Waals surface area (Å²) >= 11 is 0. The van der Waals surface area contributed by atoms with E-state index in [-0.39, 0.29) is 6.54 Å². The Morgan fingerprint density at radius 2 is 1.96 bits per heavy atom. The Kier molecular flexibility index (Phi) is 4.98. The molecule has 0 bridgehead atoms. The van der Waals surface area contributed by atoms with E-state index in [4.69, 9.17) is 4.74 Å². The van der Waals surface area contributed by atoms with Crippen LogP contribution in [-0.4, -0.2) is 39.1 Å². The fourth-order valence-corrected chi connectivity index (χ4v) is 3.07. The molecule has 0 saturated heterocycles. The van der Waals surface area contributed by atoms with Gasteiger partial charge in [-0.15, -0.1) is 0 Å². The maximum Gasteiger partial charge on any atom is 0.410 e. The maximum atomic E-state index is 13.1. The van der Waals surface area contributed by atoms with Crippen LogP contribution in [-0.2, 0) is 24.2 Å². The minimum Gasteiger partial charge on any atom is -0.444 e. The standard InChI is InChI=1S/C19H23F2N3O2/c1-19(2,3)26-18(25)23-10-9-15-14(11-23)22-17(24(15)12-16(20)21)13-7-5-4-6-8-13/h4-8,16H,9-12H2,1-3H3. The summed E-state index contributed by atoms with van der Waals surface area (Å²) < 4.78 is 33.2. The lowest BCUT2D eigenvalue weighted by atomic mass is 10.1. The van der Waals surface area contributed by atoms with Crippen molar-refractivity contribution in [2.24, 2.45) is 0 Å². The number of carbonyl (C=O) groups is 1. The molecule has 1 aromatic heterocycles. The second-order valence-electron chi connectivity index (χ2n) is 7.35. The number of fused-ring (bicyclic) bond motifs is 1. The Morgan fingerprint density at radius 1 is 1.27 bits per heavy atom. The number of amides is 1. The van der Waals surface area contributed by atoms with Crippen molar-refractivity contribution in [3.05, 3.63) is 41.7 Å². The molecule has 1 aliphatic heterocycles. The third-order valence-electron chi connectivity index (χ3n) is 4.12. The lowest BCUT2D eigenvalue weighted by Crippen LogP contribution is -2.40. The van der Waals surface area contributed by atoms with E-state index in [1.54, 1.807) is 9.47 Å². The fraction of sp³-hybridized carbons (Fsp3) is 0.474. The number of hydrogen-bond donors (Lipinski definition) is 0. The van der Waals surface area contributed by atoms with E-state index in [0.29, 0.717) is 24.5 Å². The molecule has 1 amide bonds. The van der Waals surface area contributed by atoms with Gasteiger partial charge in [-0.25, -0.2) is 18.6 Å². The van der Waals surface area contributed by atoms with Gasteiger partial charge in [-0.2, -0.15) is 0 Å². The molecule has 1 aliphatic rings. The second kappa shape index (κ2) is 7.05. The van der Waals surface area contributed by atoms with Crippen molar-refractivity contribution in [2.75, 3.05) is 6.54 Å². The molecule has 0 unspecified atom stereocenters. The lowest BCUT2D eigenvalue weighted by Gasteiger charge is -2.30. The molecule has 2 aromatic rings. The van der Waals surface area contributed by atoms with Gasteiger partial charge in [-0.1, -0.05) is 30.3 Å². The normalized spacial score (nSPS) is 14.5. The van der Waals surface area contributed by atoms with E-state index in [1.165, 1.54) is 0 Å². The number of hydrogen-bond acceptors (Lipinski definition) is 3. The lowest BCUT2D eigenvalue weighted by molar-refractivity contribution is 0.0218. The molecule has 0 aliphatic carbocycles. The summed E-state index contributed by atoms with van der Waals surface area (Å²) in [5, 5.41) is 0. The quantitative estimate of drug-likeness (QED) is 0.825. The highest BCUT2D eigenvalue weighted by Gasteiger charge is 2.30. The highest BCUT2D eigenvalue weighted by atomic mass is 19.3. The number of halogens is 2. The largest absolute Gasteiger partial charge is 0.444 e. The molecule has 3 rings (SSSR count). The number of nitrogens with zero attached hydrogens (tertiary/aromatic N) is 3. The number of imidazole rings is 1. The van der Waals surface area contributed by atoms with Gasteiger partial charge in [0.15, 0.2) is 0 Å². The van der Waals surface area contributed by atoms with Gasteiger partial charge in [-0.3, -0.25) is 0 Å². The van der Waals surface area contributed by atoms with Crippen molar-refractivity contribution in [3.63, 3.8) is 0 Å². The average molecular weight is 363 g/mol. The third kappa shape index (κ3) is 4.03. The molecule has 5 nitrogen and oxygen atoms in total. The highest BCUT2D eigenvalue weighted by Crippen LogP contribution is 2.28. The van der Waals surface area contributed by atoms with Crippen LogP contribution in [0, 0.1) is 0 Å². The topological polar surface area (TPSA) is 47.4 Å². The average Bonchev–Trinajstić information content (AvgIpc) is 2.91. The second-order valence-corrected chi connectivity index (χ2v) is 7.35. The van der Waals surface area contributed by atoms with Crippen LogP contribution in [0.2, 0.25) is 0 Å². The van der Waals surface area contributed by atoms with E-state index in [1.807, 2.05) is 51.1 Å². The number of aromatic nitrogens is 2. The molecular formula is C19H23F2N3O2. The molecule has 0 saturated carbocycles. The van der Waals surface area contributed by atoms with Crippen LogP contribution in [0.5, 0.6) is 0 Å². The van der Waals surface area contributed by atoms with E-state index in [0.717, 1.165) is 11.3 Å². The van der Waals surface area contributed by atoms with Gasteiger partial charge in [0.05, 0.1) is 18.8 Å². The molecule has 26 heavy (non-hydrogen) atoms. The van der Waals surface area contributed by atoms with Crippen LogP contribution < -0.4 is 0 Å². The molecule has 0 spiro atoms. The molecule has 0 fully saturated rings. The van der Waals surface area contributed by atoms with Gasteiger partial charge in [-0.05, 0) is 20.8 Å². The van der Waals surface area contributed by atoms with E-state index in [9.17, 15) is 13.6 Å². The smallest absolute Gasteiger partial charge is 0.410 e. The third-order valence-corrected chi connectivity index (χ3v) is 4.12. The minimum absolute atomic E-state index is 0.264. The van der Waals surface area contributed by atoms with Crippen LogP contribution in [0.15, 0.2) is 30.3 Å². The predicted octanol–water partition coefficient (Wildman–Crippen LogP) is 4.11. The summed E-state index contributed by atoms with van der Waals surface area (Å²) in [5.74, 6) is 0.516. The summed E-state index contributed by atoms with van der Waals surface area (Å²) in [6, 6.07) is 9.27. The Balaban J connectivity index is 1.91. The molecule has 0 radical (unpaired) electrons. The van der Waals surface area contributed by atoms with E-state index < -0.39 is 24.7 Å². The Hall–Kier alpha value is -2.44. The zero-order valence-electron chi connectivity index (χ0n) is 15.2. The summed E-state index contributed by atoms with van der Waals surface area (Å²) in [7, 11) is 0. The van der Waals surface area contributed by atoms with Crippen molar-refractivity contribution in [1.29, 1.82) is 0 Å². The zero-order valence-corrected chi connectivity index (χ0v) is 15.2. The number of ether oxygens (including phenoxy) is 1. The maximum absolute atomic E-state index is 13.1. The summed E-state index contributed by atoms with van der Waals surface area (Å²) in [6.07, 6.45) is -2.41. The monoisotopic (exact) mass is 363 g/mol. The van der Waals surface area contributed by atoms with Crippen LogP contribution in [0.25, 0.3) is 11.4 Å². The van der Waals surface area contributed by atoms with E-state index >= 15 is 0 Å². The molecule has 2 heterocycles. The number of alkyl halides is 2. The molecular weight excluding hydrogens is 340 g/mol. The van der Waals surface area contributed by atoms with Crippen molar-refractivity contribution in [2.45, 2.75) is 52.3 Å². The van der Waals surface area contributed by atoms with Crippen molar-refractivity contribution < 1.29 is 18.3 Å². The van der Waals surface area contributed by atoms with E-state index in [2.05, 4.69) is 4.98 Å². The minimum atomic E-state index is -2.47. The van der Waals surface area contributed by atoms with Gasteiger partial charge < -0.3 is 14.2 Å². The Bertz CT molecular complexity index is 782. The SMILES string of the molecule is CC(C)(C)OC(=O)N1CCc2c(nc(-c3ccccc3)n2CC(F)F)C1. The van der Waals surface area contributed by atoms with Crippen LogP contribution >= 0.6 is 0 Å². The first-order chi connectivity index (χ1) is 12.2. The fourth-order valence-electron chi connectivity index (χ4n) is 3.07. The zero-order chi connectivity index (χ0) is 18.9. The Labute approximate surface area is 151 Å². The summed E-state index contributed by atoms with van der Waals surface area (Å²) in [4.78, 5) is 18.5. The van der Waals surface area contributed by atoms with Crippen LogP contribution in [0.1, 0.15) is 32.2 Å². The summed E-state index contributed by atoms with van der Waals surface area (Å²) in [6.45, 7) is 5.71. The molecule has 1 aromatic carbocycles. The number of carbonyl (C=O) groups excluding carboxylic acids is 1. The van der Waals surface area contributed by atoms with Crippen molar-refractivity contribution >= 4 is 6.09 Å². The first kappa shape index (κ1) is 18.4. The van der Waals surface area contributed by atoms with Gasteiger partial charge in [0.1, 0.15) is 11.4 Å². The van der Waals surface area contributed by atoms with Crippen LogP contribution in [0.4, 0.5) is 13.6 Å².